The van der Waals surface area contributed by atoms with Gasteiger partial charge in [0.25, 0.3) is 5.95 Å². The standard InChI is InChI=1S/C12H10ClN7O/c13-10-17-11(20-8-14-7-16-20)19-12(18-10)21-6-4-9-3-1-2-5-15-9/h1-3,5,7-8H,4,6H2. The zero-order valence-corrected chi connectivity index (χ0v) is 11.6. The maximum Gasteiger partial charge on any atom is 0.322 e. The number of nitrogens with zero attached hydrogens (tertiary/aromatic N) is 7. The molecule has 0 saturated heterocycles. The van der Waals surface area contributed by atoms with Gasteiger partial charge < -0.3 is 4.74 Å². The van der Waals surface area contributed by atoms with E-state index in [9.17, 15) is 0 Å². The summed E-state index contributed by atoms with van der Waals surface area (Å²) in [5, 5.41) is 3.96. The van der Waals surface area contributed by atoms with E-state index in [1.54, 1.807) is 6.20 Å². The van der Waals surface area contributed by atoms with Crippen LogP contribution in [-0.4, -0.2) is 41.3 Å². The first-order valence-electron chi connectivity index (χ1n) is 6.10. The average Bonchev–Trinajstić information content (AvgIpc) is 3.02. The monoisotopic (exact) mass is 303 g/mol. The molecule has 0 bridgehead atoms. The maximum absolute atomic E-state index is 5.85. The average molecular weight is 304 g/mol. The van der Waals surface area contributed by atoms with Crippen molar-refractivity contribution in [3.63, 3.8) is 0 Å². The summed E-state index contributed by atoms with van der Waals surface area (Å²) in [7, 11) is 0. The fraction of sp³-hybridized carbons (Fsp3) is 0.167. The molecule has 0 spiro atoms. The SMILES string of the molecule is Clc1nc(OCCc2ccccn2)nc(-n2cncn2)n1. The number of rotatable bonds is 5. The molecule has 0 unspecified atom stereocenters. The fourth-order valence-corrected chi connectivity index (χ4v) is 1.74. The van der Waals surface area contributed by atoms with Crippen LogP contribution in [-0.2, 0) is 6.42 Å². The van der Waals surface area contributed by atoms with Gasteiger partial charge in [-0.25, -0.2) is 4.98 Å². The Morgan fingerprint density at radius 1 is 1.19 bits per heavy atom. The number of halogens is 1. The second-order valence-corrected chi connectivity index (χ2v) is 4.28. The van der Waals surface area contributed by atoms with Gasteiger partial charge in [0.1, 0.15) is 12.7 Å². The molecule has 0 atom stereocenters. The number of hydrogen-bond acceptors (Lipinski definition) is 7. The van der Waals surface area contributed by atoms with Crippen LogP contribution in [0.5, 0.6) is 6.01 Å². The lowest BCUT2D eigenvalue weighted by atomic mass is 10.3. The van der Waals surface area contributed by atoms with Crippen LogP contribution in [0.25, 0.3) is 5.95 Å². The molecule has 9 heteroatoms. The summed E-state index contributed by atoms with van der Waals surface area (Å²) < 4.78 is 6.86. The Hall–Kier alpha value is -2.61. The second-order valence-electron chi connectivity index (χ2n) is 3.95. The summed E-state index contributed by atoms with van der Waals surface area (Å²) in [6.45, 7) is 0.383. The first kappa shape index (κ1) is 13.4. The molecule has 106 valence electrons. The van der Waals surface area contributed by atoms with Crippen LogP contribution in [0.1, 0.15) is 5.69 Å². The van der Waals surface area contributed by atoms with E-state index < -0.39 is 0 Å². The maximum atomic E-state index is 5.85. The first-order valence-corrected chi connectivity index (χ1v) is 6.48. The highest BCUT2D eigenvalue weighted by atomic mass is 35.5. The van der Waals surface area contributed by atoms with E-state index in [-0.39, 0.29) is 17.2 Å². The Morgan fingerprint density at radius 3 is 2.90 bits per heavy atom. The number of hydrogen-bond donors (Lipinski definition) is 0. The zero-order chi connectivity index (χ0) is 14.5. The molecule has 8 nitrogen and oxygen atoms in total. The van der Waals surface area contributed by atoms with Crippen LogP contribution in [0, 0.1) is 0 Å². The van der Waals surface area contributed by atoms with E-state index in [0.717, 1.165) is 5.69 Å². The van der Waals surface area contributed by atoms with Gasteiger partial charge in [0.2, 0.25) is 5.28 Å². The molecule has 3 heterocycles. The molecule has 0 saturated carbocycles. The predicted octanol–water partition coefficient (Wildman–Crippen LogP) is 1.12. The number of aromatic nitrogens is 7. The molecule has 0 N–H and O–H groups in total. The van der Waals surface area contributed by atoms with E-state index in [2.05, 4.69) is 30.0 Å². The highest BCUT2D eigenvalue weighted by Gasteiger charge is 2.08. The van der Waals surface area contributed by atoms with E-state index in [1.165, 1.54) is 17.3 Å². The molecule has 0 fully saturated rings. The first-order chi connectivity index (χ1) is 10.3. The summed E-state index contributed by atoms with van der Waals surface area (Å²) in [5.41, 5.74) is 0.925. The third kappa shape index (κ3) is 3.48. The molecule has 0 amide bonds. The Morgan fingerprint density at radius 2 is 2.14 bits per heavy atom. The molecule has 0 aliphatic heterocycles. The van der Waals surface area contributed by atoms with Gasteiger partial charge >= 0.3 is 6.01 Å². The van der Waals surface area contributed by atoms with E-state index in [0.29, 0.717) is 13.0 Å². The van der Waals surface area contributed by atoms with Crippen molar-refractivity contribution in [3.8, 4) is 12.0 Å². The summed E-state index contributed by atoms with van der Waals surface area (Å²) in [4.78, 5) is 20.0. The lowest BCUT2D eigenvalue weighted by molar-refractivity contribution is 0.293. The van der Waals surface area contributed by atoms with Crippen molar-refractivity contribution in [2.75, 3.05) is 6.61 Å². The van der Waals surface area contributed by atoms with Crippen LogP contribution in [0.3, 0.4) is 0 Å². The highest BCUT2D eigenvalue weighted by Crippen LogP contribution is 2.10. The Bertz CT molecular complexity index is 705. The van der Waals surface area contributed by atoms with Crippen molar-refractivity contribution < 1.29 is 4.74 Å². The lowest BCUT2D eigenvalue weighted by Crippen LogP contribution is -2.09. The molecule has 3 aromatic rings. The van der Waals surface area contributed by atoms with Crippen molar-refractivity contribution in [1.82, 2.24) is 34.7 Å². The van der Waals surface area contributed by atoms with Crippen LogP contribution in [0.15, 0.2) is 37.1 Å². The number of pyridine rings is 1. The van der Waals surface area contributed by atoms with Crippen LogP contribution in [0.4, 0.5) is 0 Å². The minimum absolute atomic E-state index is 0.0309. The Balaban J connectivity index is 1.68. The van der Waals surface area contributed by atoms with Gasteiger partial charge in [-0.3, -0.25) is 4.98 Å². The molecule has 3 aromatic heterocycles. The molecular weight excluding hydrogens is 294 g/mol. The molecule has 21 heavy (non-hydrogen) atoms. The minimum atomic E-state index is 0.0309. The lowest BCUT2D eigenvalue weighted by Gasteiger charge is -2.05. The van der Waals surface area contributed by atoms with E-state index in [1.807, 2.05) is 18.2 Å². The van der Waals surface area contributed by atoms with Gasteiger partial charge in [-0.15, -0.1) is 0 Å². The van der Waals surface area contributed by atoms with Gasteiger partial charge in [0.15, 0.2) is 0 Å². The summed E-state index contributed by atoms with van der Waals surface area (Å²) in [5.74, 6) is 0.250. The van der Waals surface area contributed by atoms with Gasteiger partial charge in [0, 0.05) is 18.3 Å². The van der Waals surface area contributed by atoms with E-state index >= 15 is 0 Å². The predicted molar refractivity (Wildman–Crippen MR) is 73.2 cm³/mol. The Kier molecular flexibility index (Phi) is 3.97. The van der Waals surface area contributed by atoms with Crippen molar-refractivity contribution in [2.24, 2.45) is 0 Å². The van der Waals surface area contributed by atoms with Gasteiger partial charge in [-0.2, -0.15) is 24.7 Å². The minimum Gasteiger partial charge on any atom is -0.463 e. The third-order valence-electron chi connectivity index (χ3n) is 2.51. The zero-order valence-electron chi connectivity index (χ0n) is 10.8. The van der Waals surface area contributed by atoms with Crippen molar-refractivity contribution >= 4 is 11.6 Å². The van der Waals surface area contributed by atoms with Gasteiger partial charge in [0.05, 0.1) is 6.61 Å². The summed E-state index contributed by atoms with van der Waals surface area (Å²) in [6, 6.07) is 5.84. The molecule has 3 rings (SSSR count). The summed E-state index contributed by atoms with van der Waals surface area (Å²) in [6.07, 6.45) is 5.21. The second kappa shape index (κ2) is 6.23. The van der Waals surface area contributed by atoms with E-state index in [4.69, 9.17) is 16.3 Å². The number of ether oxygens (including phenoxy) is 1. The molecule has 0 aromatic carbocycles. The molecule has 0 aliphatic rings. The normalized spacial score (nSPS) is 10.5. The highest BCUT2D eigenvalue weighted by molar-refractivity contribution is 6.28. The smallest absolute Gasteiger partial charge is 0.322 e. The van der Waals surface area contributed by atoms with Gasteiger partial charge in [-0.1, -0.05) is 6.07 Å². The summed E-state index contributed by atoms with van der Waals surface area (Å²) >= 11 is 5.85. The largest absolute Gasteiger partial charge is 0.463 e. The Labute approximate surface area is 124 Å². The fourth-order valence-electron chi connectivity index (χ4n) is 1.59. The quantitative estimate of drug-likeness (QED) is 0.697. The molecular formula is C12H10ClN7O. The molecule has 0 radical (unpaired) electrons. The van der Waals surface area contributed by atoms with Crippen molar-refractivity contribution in [1.29, 1.82) is 0 Å². The van der Waals surface area contributed by atoms with Crippen molar-refractivity contribution in [2.45, 2.75) is 6.42 Å². The van der Waals surface area contributed by atoms with Crippen LogP contribution < -0.4 is 4.74 Å². The third-order valence-corrected chi connectivity index (χ3v) is 2.68. The van der Waals surface area contributed by atoms with Crippen LogP contribution >= 0.6 is 11.6 Å². The van der Waals surface area contributed by atoms with Gasteiger partial charge in [-0.05, 0) is 23.7 Å². The van der Waals surface area contributed by atoms with Crippen molar-refractivity contribution in [3.05, 3.63) is 48.0 Å². The van der Waals surface area contributed by atoms with Crippen LogP contribution in [0.2, 0.25) is 5.28 Å². The topological polar surface area (TPSA) is 91.5 Å². The molecule has 0 aliphatic carbocycles.